The summed E-state index contributed by atoms with van der Waals surface area (Å²) < 4.78 is 5.08. The summed E-state index contributed by atoms with van der Waals surface area (Å²) in [7, 11) is 3.16. The number of nitrogens with zero attached hydrogens (tertiary/aromatic N) is 1. The van der Waals surface area contributed by atoms with Gasteiger partial charge in [0.15, 0.2) is 0 Å². The molecule has 1 aromatic rings. The first-order valence-electron chi connectivity index (χ1n) is 5.66. The highest BCUT2D eigenvalue weighted by Crippen LogP contribution is 2.24. The highest BCUT2D eigenvalue weighted by atomic mass is 16.5. The predicted octanol–water partition coefficient (Wildman–Crippen LogP) is 1.12. The Bertz CT molecular complexity index is 444. The Balaban J connectivity index is 3.04. The zero-order chi connectivity index (χ0) is 13.9. The fraction of sp³-hybridized carbons (Fsp3) is 0.462. The molecule has 0 heterocycles. The summed E-state index contributed by atoms with van der Waals surface area (Å²) >= 11 is 0. The number of carbonyl (C=O) groups excluding carboxylic acids is 1. The van der Waals surface area contributed by atoms with Crippen LogP contribution in [0.1, 0.15) is 24.2 Å². The van der Waals surface area contributed by atoms with Crippen molar-refractivity contribution in [2.75, 3.05) is 26.5 Å². The number of likely N-dealkylation sites (N-methyl/N-ethyl adjacent to an activating group) is 1. The fourth-order valence-electron chi connectivity index (χ4n) is 1.42. The van der Waals surface area contributed by atoms with Gasteiger partial charge in [-0.05, 0) is 32.0 Å². The van der Waals surface area contributed by atoms with Gasteiger partial charge in [0, 0.05) is 12.6 Å². The second kappa shape index (κ2) is 5.27. The van der Waals surface area contributed by atoms with Crippen molar-refractivity contribution in [3.63, 3.8) is 0 Å². The van der Waals surface area contributed by atoms with Crippen LogP contribution in [0.5, 0.6) is 5.75 Å². The minimum atomic E-state index is -0.619. The number of hydrogen-bond donors (Lipinski definition) is 2. The smallest absolute Gasteiger partial charge is 0.254 e. The molecule has 0 aromatic heterocycles. The number of amides is 1. The molecule has 0 bridgehead atoms. The molecule has 100 valence electrons. The maximum atomic E-state index is 12.2. The maximum Gasteiger partial charge on any atom is 0.254 e. The van der Waals surface area contributed by atoms with Gasteiger partial charge in [-0.1, -0.05) is 0 Å². The fourth-order valence-corrected chi connectivity index (χ4v) is 1.42. The van der Waals surface area contributed by atoms with Gasteiger partial charge in [0.2, 0.25) is 0 Å². The van der Waals surface area contributed by atoms with Gasteiger partial charge in [0.1, 0.15) is 5.75 Å². The quantitative estimate of drug-likeness (QED) is 0.787. The largest absolute Gasteiger partial charge is 0.495 e. The molecule has 0 radical (unpaired) electrons. The van der Waals surface area contributed by atoms with Crippen LogP contribution in [0, 0.1) is 0 Å². The summed E-state index contributed by atoms with van der Waals surface area (Å²) in [6.07, 6.45) is 0. The summed E-state index contributed by atoms with van der Waals surface area (Å²) in [5.74, 6) is 0.281. The van der Waals surface area contributed by atoms with Crippen molar-refractivity contribution in [3.05, 3.63) is 23.8 Å². The lowest BCUT2D eigenvalue weighted by atomic mass is 10.0. The van der Waals surface area contributed by atoms with Gasteiger partial charge in [-0.15, -0.1) is 0 Å². The number of hydrogen-bond acceptors (Lipinski definition) is 4. The standard InChI is InChI=1S/C13H20N2O3/c1-13(2,8-16)15(3)12(17)9-5-6-10(14)11(7-9)18-4/h5-7,16H,8,14H2,1-4H3. The third kappa shape index (κ3) is 2.73. The molecule has 1 aromatic carbocycles. The van der Waals surface area contributed by atoms with Crippen LogP contribution in [0.3, 0.4) is 0 Å². The van der Waals surface area contributed by atoms with E-state index >= 15 is 0 Å². The molecular formula is C13H20N2O3. The zero-order valence-electron chi connectivity index (χ0n) is 11.2. The molecule has 0 aliphatic heterocycles. The van der Waals surface area contributed by atoms with E-state index in [1.807, 2.05) is 0 Å². The average molecular weight is 252 g/mol. The Hall–Kier alpha value is -1.75. The third-order valence-electron chi connectivity index (χ3n) is 3.08. The molecule has 1 rings (SSSR count). The van der Waals surface area contributed by atoms with E-state index in [9.17, 15) is 9.90 Å². The van der Waals surface area contributed by atoms with Crippen molar-refractivity contribution in [2.24, 2.45) is 0 Å². The van der Waals surface area contributed by atoms with Gasteiger partial charge in [0.05, 0.1) is 24.9 Å². The van der Waals surface area contributed by atoms with Crippen LogP contribution in [0.2, 0.25) is 0 Å². The molecule has 1 amide bonds. The monoisotopic (exact) mass is 252 g/mol. The molecule has 0 saturated heterocycles. The van der Waals surface area contributed by atoms with Gasteiger partial charge in [-0.2, -0.15) is 0 Å². The summed E-state index contributed by atoms with van der Waals surface area (Å²) in [6, 6.07) is 4.87. The van der Waals surface area contributed by atoms with Crippen molar-refractivity contribution in [1.29, 1.82) is 0 Å². The Kier molecular flexibility index (Phi) is 4.19. The minimum Gasteiger partial charge on any atom is -0.495 e. The van der Waals surface area contributed by atoms with E-state index in [0.717, 1.165) is 0 Å². The van der Waals surface area contributed by atoms with Crippen molar-refractivity contribution in [2.45, 2.75) is 19.4 Å². The first-order chi connectivity index (χ1) is 8.33. The molecule has 3 N–H and O–H groups in total. The summed E-state index contributed by atoms with van der Waals surface area (Å²) in [5, 5.41) is 9.27. The van der Waals surface area contributed by atoms with Crippen molar-refractivity contribution >= 4 is 11.6 Å². The lowest BCUT2D eigenvalue weighted by molar-refractivity contribution is 0.0473. The van der Waals surface area contributed by atoms with Crippen LogP contribution in [0.25, 0.3) is 0 Å². The number of aliphatic hydroxyl groups is 1. The van der Waals surface area contributed by atoms with Crippen LogP contribution in [-0.4, -0.2) is 42.2 Å². The van der Waals surface area contributed by atoms with E-state index in [0.29, 0.717) is 17.0 Å². The first-order valence-corrected chi connectivity index (χ1v) is 5.66. The van der Waals surface area contributed by atoms with Gasteiger partial charge in [-0.25, -0.2) is 0 Å². The molecule has 5 heteroatoms. The van der Waals surface area contributed by atoms with Gasteiger partial charge in [0.25, 0.3) is 5.91 Å². The second-order valence-electron chi connectivity index (χ2n) is 4.79. The molecule has 0 unspecified atom stereocenters. The van der Waals surface area contributed by atoms with Crippen LogP contribution in [0.4, 0.5) is 5.69 Å². The average Bonchev–Trinajstić information content (AvgIpc) is 2.37. The topological polar surface area (TPSA) is 75.8 Å². The van der Waals surface area contributed by atoms with Crippen molar-refractivity contribution < 1.29 is 14.6 Å². The molecule has 0 fully saturated rings. The normalized spacial score (nSPS) is 11.2. The van der Waals surface area contributed by atoms with Gasteiger partial charge in [-0.3, -0.25) is 4.79 Å². The number of ether oxygens (including phenoxy) is 1. The van der Waals surface area contributed by atoms with E-state index < -0.39 is 5.54 Å². The molecule has 0 aliphatic carbocycles. The highest BCUT2D eigenvalue weighted by molar-refractivity contribution is 5.95. The van der Waals surface area contributed by atoms with Crippen LogP contribution in [-0.2, 0) is 0 Å². The molecule has 0 atom stereocenters. The molecule has 0 spiro atoms. The summed E-state index contributed by atoms with van der Waals surface area (Å²) in [5.41, 5.74) is 6.04. The first kappa shape index (κ1) is 14.3. The van der Waals surface area contributed by atoms with Gasteiger partial charge >= 0.3 is 0 Å². The lowest BCUT2D eigenvalue weighted by Gasteiger charge is -2.34. The third-order valence-corrected chi connectivity index (χ3v) is 3.08. The van der Waals surface area contributed by atoms with Gasteiger partial charge < -0.3 is 20.5 Å². The van der Waals surface area contributed by atoms with E-state index in [2.05, 4.69) is 0 Å². The molecule has 0 aliphatic rings. The van der Waals surface area contributed by atoms with Crippen LogP contribution < -0.4 is 10.5 Å². The molecule has 0 saturated carbocycles. The number of anilines is 1. The Morgan fingerprint density at radius 1 is 1.50 bits per heavy atom. The number of methoxy groups -OCH3 is 1. The Labute approximate surface area is 107 Å². The van der Waals surface area contributed by atoms with Crippen LogP contribution in [0.15, 0.2) is 18.2 Å². The summed E-state index contributed by atoms with van der Waals surface area (Å²) in [4.78, 5) is 13.7. The summed E-state index contributed by atoms with van der Waals surface area (Å²) in [6.45, 7) is 3.47. The number of nitrogens with two attached hydrogens (primary N) is 1. The minimum absolute atomic E-state index is 0.110. The van der Waals surface area contributed by atoms with Crippen molar-refractivity contribution in [1.82, 2.24) is 4.90 Å². The van der Waals surface area contributed by atoms with Crippen molar-refractivity contribution in [3.8, 4) is 5.75 Å². The van der Waals surface area contributed by atoms with E-state index in [1.165, 1.54) is 12.0 Å². The Morgan fingerprint density at radius 3 is 2.61 bits per heavy atom. The molecular weight excluding hydrogens is 232 g/mol. The molecule has 5 nitrogen and oxygen atoms in total. The Morgan fingerprint density at radius 2 is 2.11 bits per heavy atom. The number of carbonyl (C=O) groups is 1. The SMILES string of the molecule is COc1cc(C(=O)N(C)C(C)(C)CO)ccc1N. The van der Waals surface area contributed by atoms with E-state index in [1.54, 1.807) is 39.1 Å². The van der Waals surface area contributed by atoms with E-state index in [-0.39, 0.29) is 12.5 Å². The number of aliphatic hydroxyl groups excluding tert-OH is 1. The lowest BCUT2D eigenvalue weighted by Crippen LogP contribution is -2.47. The number of benzene rings is 1. The molecule has 18 heavy (non-hydrogen) atoms. The van der Waals surface area contributed by atoms with Crippen LogP contribution >= 0.6 is 0 Å². The second-order valence-corrected chi connectivity index (χ2v) is 4.79. The number of rotatable bonds is 4. The maximum absolute atomic E-state index is 12.2. The van der Waals surface area contributed by atoms with E-state index in [4.69, 9.17) is 10.5 Å². The zero-order valence-corrected chi connectivity index (χ0v) is 11.2. The number of nitrogen functional groups attached to an aromatic ring is 1. The predicted molar refractivity (Wildman–Crippen MR) is 70.7 cm³/mol. The highest BCUT2D eigenvalue weighted by Gasteiger charge is 2.27.